The molecule has 2 fully saturated rings. The Morgan fingerprint density at radius 1 is 0.864 bits per heavy atom. The first-order valence-corrected chi connectivity index (χ1v) is 8.00. The van der Waals surface area contributed by atoms with Gasteiger partial charge in [0.1, 0.15) is 0 Å². The summed E-state index contributed by atoms with van der Waals surface area (Å²) in [6.45, 7) is 3.86. The summed E-state index contributed by atoms with van der Waals surface area (Å²) in [5, 5.41) is 0. The van der Waals surface area contributed by atoms with Gasteiger partial charge in [-0.15, -0.1) is 0 Å². The van der Waals surface area contributed by atoms with Gasteiger partial charge < -0.3 is 9.47 Å². The van der Waals surface area contributed by atoms with Gasteiger partial charge in [-0.1, -0.05) is 24.3 Å². The summed E-state index contributed by atoms with van der Waals surface area (Å²) in [4.78, 5) is 23.7. The van der Waals surface area contributed by atoms with Gasteiger partial charge >= 0.3 is 11.9 Å². The molecule has 0 aromatic heterocycles. The molecular formula is C18H22O4. The van der Waals surface area contributed by atoms with Crippen LogP contribution in [0.15, 0.2) is 24.3 Å². The molecule has 118 valence electrons. The van der Waals surface area contributed by atoms with Crippen LogP contribution in [0.4, 0.5) is 0 Å². The highest BCUT2D eigenvalue weighted by molar-refractivity contribution is 5.76. The van der Waals surface area contributed by atoms with Gasteiger partial charge in [0.2, 0.25) is 0 Å². The van der Waals surface area contributed by atoms with E-state index < -0.39 is 0 Å². The Hall–Kier alpha value is -1.84. The van der Waals surface area contributed by atoms with Crippen LogP contribution in [0.3, 0.4) is 0 Å². The van der Waals surface area contributed by atoms with Crippen LogP contribution < -0.4 is 0 Å². The molecule has 0 bridgehead atoms. The Balaban J connectivity index is 1.73. The van der Waals surface area contributed by atoms with Crippen LogP contribution in [-0.4, -0.2) is 24.1 Å². The minimum absolute atomic E-state index is 0.00956. The van der Waals surface area contributed by atoms with E-state index in [4.69, 9.17) is 9.47 Å². The third-order valence-electron chi connectivity index (χ3n) is 4.59. The minimum atomic E-state index is -0.101. The summed E-state index contributed by atoms with van der Waals surface area (Å²) in [5.74, 6) is -0.330. The summed E-state index contributed by atoms with van der Waals surface area (Å²) in [6, 6.07) is 8.07. The van der Waals surface area contributed by atoms with Crippen LogP contribution in [0.25, 0.3) is 0 Å². The molecule has 2 heterocycles. The Bertz CT molecular complexity index is 529. The fraction of sp³-hybridized carbons (Fsp3) is 0.556. The molecule has 2 saturated heterocycles. The van der Waals surface area contributed by atoms with E-state index in [2.05, 4.69) is 12.1 Å². The van der Waals surface area contributed by atoms with Crippen molar-refractivity contribution in [3.05, 3.63) is 35.4 Å². The van der Waals surface area contributed by atoms with Gasteiger partial charge in [0.25, 0.3) is 0 Å². The average molecular weight is 302 g/mol. The average Bonchev–Trinajstić information content (AvgIpc) is 2.94. The van der Waals surface area contributed by atoms with Crippen LogP contribution in [0.2, 0.25) is 0 Å². The van der Waals surface area contributed by atoms with Crippen LogP contribution >= 0.6 is 0 Å². The highest BCUT2D eigenvalue weighted by atomic mass is 16.6. The normalized spacial score (nSPS) is 31.2. The molecule has 1 aromatic carbocycles. The second kappa shape index (κ2) is 6.11. The number of esters is 2. The molecule has 2 aliphatic heterocycles. The SMILES string of the molecule is C[C@H]1C[C@@H](Cc2ccccc2C[C@H]2C[C@H](C)OC2=O)C(=O)O1. The third-order valence-corrected chi connectivity index (χ3v) is 4.59. The molecule has 22 heavy (non-hydrogen) atoms. The molecule has 2 aliphatic rings. The lowest BCUT2D eigenvalue weighted by molar-refractivity contribution is -0.144. The van der Waals surface area contributed by atoms with Crippen LogP contribution in [0.5, 0.6) is 0 Å². The van der Waals surface area contributed by atoms with E-state index >= 15 is 0 Å². The summed E-state index contributed by atoms with van der Waals surface area (Å²) < 4.78 is 10.5. The molecule has 4 heteroatoms. The molecule has 0 saturated carbocycles. The standard InChI is InChI=1S/C18H22O4/c1-11-7-15(17(19)21-11)9-13-5-3-4-6-14(13)10-16-8-12(2)22-18(16)20/h3-6,11-12,15-16H,7-10H2,1-2H3/t11-,12-,15-,16+/m0/s1. The maximum Gasteiger partial charge on any atom is 0.309 e. The molecule has 0 spiro atoms. The first-order chi connectivity index (χ1) is 10.5. The van der Waals surface area contributed by atoms with Gasteiger partial charge in [-0.2, -0.15) is 0 Å². The molecule has 0 aliphatic carbocycles. The van der Waals surface area contributed by atoms with E-state index in [1.807, 2.05) is 26.0 Å². The van der Waals surface area contributed by atoms with Crippen molar-refractivity contribution in [2.75, 3.05) is 0 Å². The topological polar surface area (TPSA) is 52.6 Å². The van der Waals surface area contributed by atoms with Crippen molar-refractivity contribution in [3.63, 3.8) is 0 Å². The van der Waals surface area contributed by atoms with Crippen molar-refractivity contribution in [1.82, 2.24) is 0 Å². The van der Waals surface area contributed by atoms with Gasteiger partial charge in [-0.05, 0) is 50.7 Å². The highest BCUT2D eigenvalue weighted by Gasteiger charge is 2.34. The number of cyclic esters (lactones) is 2. The highest BCUT2D eigenvalue weighted by Crippen LogP contribution is 2.29. The van der Waals surface area contributed by atoms with E-state index in [0.717, 1.165) is 24.0 Å². The number of benzene rings is 1. The van der Waals surface area contributed by atoms with E-state index in [1.54, 1.807) is 0 Å². The van der Waals surface area contributed by atoms with Crippen LogP contribution in [0.1, 0.15) is 37.8 Å². The van der Waals surface area contributed by atoms with Crippen molar-refractivity contribution in [1.29, 1.82) is 0 Å². The molecular weight excluding hydrogens is 280 g/mol. The van der Waals surface area contributed by atoms with E-state index in [9.17, 15) is 9.59 Å². The number of ether oxygens (including phenoxy) is 2. The summed E-state index contributed by atoms with van der Waals surface area (Å²) in [7, 11) is 0. The van der Waals surface area contributed by atoms with E-state index in [-0.39, 0.29) is 36.0 Å². The fourth-order valence-corrected chi connectivity index (χ4v) is 3.50. The van der Waals surface area contributed by atoms with Crippen molar-refractivity contribution < 1.29 is 19.1 Å². The molecule has 4 atom stereocenters. The molecule has 0 N–H and O–H groups in total. The van der Waals surface area contributed by atoms with E-state index in [1.165, 1.54) is 0 Å². The monoisotopic (exact) mass is 302 g/mol. The molecule has 4 nitrogen and oxygen atoms in total. The second-order valence-corrected chi connectivity index (χ2v) is 6.54. The van der Waals surface area contributed by atoms with Crippen molar-refractivity contribution in [2.45, 2.75) is 51.7 Å². The minimum Gasteiger partial charge on any atom is -0.462 e. The zero-order chi connectivity index (χ0) is 15.7. The Labute approximate surface area is 130 Å². The first-order valence-electron chi connectivity index (χ1n) is 8.00. The molecule has 0 amide bonds. The summed E-state index contributed by atoms with van der Waals surface area (Å²) >= 11 is 0. The number of carbonyl (C=O) groups is 2. The Morgan fingerprint density at radius 2 is 1.27 bits per heavy atom. The lowest BCUT2D eigenvalue weighted by Gasteiger charge is -2.13. The van der Waals surface area contributed by atoms with Crippen LogP contribution in [0, 0.1) is 11.8 Å². The third kappa shape index (κ3) is 3.16. The van der Waals surface area contributed by atoms with Crippen molar-refractivity contribution in [2.24, 2.45) is 11.8 Å². The van der Waals surface area contributed by atoms with E-state index in [0.29, 0.717) is 12.8 Å². The summed E-state index contributed by atoms with van der Waals surface area (Å²) in [5.41, 5.74) is 2.29. The van der Waals surface area contributed by atoms with Gasteiger partial charge in [-0.25, -0.2) is 0 Å². The molecule has 0 unspecified atom stereocenters. The zero-order valence-electron chi connectivity index (χ0n) is 13.1. The Kier molecular flexibility index (Phi) is 4.19. The molecule has 3 rings (SSSR count). The number of hydrogen-bond acceptors (Lipinski definition) is 4. The molecule has 0 radical (unpaired) electrons. The lowest BCUT2D eigenvalue weighted by atomic mass is 9.88. The Morgan fingerprint density at radius 3 is 1.59 bits per heavy atom. The predicted octanol–water partition coefficient (Wildman–Crippen LogP) is 2.67. The zero-order valence-corrected chi connectivity index (χ0v) is 13.1. The maximum absolute atomic E-state index is 11.8. The second-order valence-electron chi connectivity index (χ2n) is 6.54. The fourth-order valence-electron chi connectivity index (χ4n) is 3.50. The summed E-state index contributed by atoms with van der Waals surface area (Å²) in [6.07, 6.45) is 2.95. The van der Waals surface area contributed by atoms with Gasteiger partial charge in [0, 0.05) is 0 Å². The number of carbonyl (C=O) groups excluding carboxylic acids is 2. The largest absolute Gasteiger partial charge is 0.462 e. The predicted molar refractivity (Wildman–Crippen MR) is 81.2 cm³/mol. The lowest BCUT2D eigenvalue weighted by Crippen LogP contribution is -2.15. The number of rotatable bonds is 4. The maximum atomic E-state index is 11.8. The van der Waals surface area contributed by atoms with Gasteiger partial charge in [0.05, 0.1) is 24.0 Å². The first kappa shape index (κ1) is 15.1. The van der Waals surface area contributed by atoms with Crippen molar-refractivity contribution >= 4 is 11.9 Å². The molecule has 1 aromatic rings. The number of hydrogen-bond donors (Lipinski definition) is 0. The van der Waals surface area contributed by atoms with Crippen molar-refractivity contribution in [3.8, 4) is 0 Å². The quantitative estimate of drug-likeness (QED) is 0.802. The van der Waals surface area contributed by atoms with Gasteiger partial charge in [0.15, 0.2) is 0 Å². The van der Waals surface area contributed by atoms with Crippen LogP contribution in [-0.2, 0) is 31.9 Å². The van der Waals surface area contributed by atoms with Gasteiger partial charge in [-0.3, -0.25) is 9.59 Å². The smallest absolute Gasteiger partial charge is 0.309 e.